The maximum Gasteiger partial charge on any atom is 0.224 e. The molecule has 1 saturated heterocycles. The lowest BCUT2D eigenvalue weighted by atomic mass is 9.97. The van der Waals surface area contributed by atoms with Crippen LogP contribution in [0.5, 0.6) is 5.75 Å². The minimum Gasteiger partial charge on any atom is -0.494 e. The molecular formula is C20H29N3O2S. The molecule has 0 unspecified atom stereocenters. The molecule has 1 fully saturated rings. The van der Waals surface area contributed by atoms with E-state index >= 15 is 0 Å². The summed E-state index contributed by atoms with van der Waals surface area (Å²) >= 11 is 1.68. The molecule has 0 radical (unpaired) electrons. The van der Waals surface area contributed by atoms with E-state index in [-0.39, 0.29) is 11.8 Å². The molecule has 6 heteroatoms. The number of benzene rings is 1. The van der Waals surface area contributed by atoms with Gasteiger partial charge in [-0.2, -0.15) is 0 Å². The van der Waals surface area contributed by atoms with Gasteiger partial charge < -0.3 is 15.0 Å². The number of fused-ring (bicyclic) bond motifs is 1. The lowest BCUT2D eigenvalue weighted by molar-refractivity contribution is -0.125. The molecule has 5 nitrogen and oxygen atoms in total. The Bertz CT molecular complexity index is 744. The van der Waals surface area contributed by atoms with E-state index in [1.807, 2.05) is 19.1 Å². The molecule has 1 atom stereocenters. The highest BCUT2D eigenvalue weighted by Crippen LogP contribution is 2.33. The quantitative estimate of drug-likeness (QED) is 0.792. The molecule has 1 aliphatic heterocycles. The maximum atomic E-state index is 12.5. The number of hydrogen-bond donors (Lipinski definition) is 1. The summed E-state index contributed by atoms with van der Waals surface area (Å²) < 4.78 is 6.72. The van der Waals surface area contributed by atoms with Crippen molar-refractivity contribution in [2.24, 2.45) is 11.8 Å². The van der Waals surface area contributed by atoms with Crippen LogP contribution < -0.4 is 15.0 Å². The number of ether oxygens (including phenoxy) is 1. The van der Waals surface area contributed by atoms with Gasteiger partial charge in [-0.25, -0.2) is 4.98 Å². The predicted molar refractivity (Wildman–Crippen MR) is 108 cm³/mol. The average molecular weight is 376 g/mol. The van der Waals surface area contributed by atoms with Gasteiger partial charge in [0.2, 0.25) is 5.91 Å². The smallest absolute Gasteiger partial charge is 0.224 e. The molecule has 142 valence electrons. The van der Waals surface area contributed by atoms with Gasteiger partial charge in [-0.05, 0) is 50.3 Å². The first kappa shape index (κ1) is 19.0. The summed E-state index contributed by atoms with van der Waals surface area (Å²) in [5.41, 5.74) is 0.997. The van der Waals surface area contributed by atoms with Crippen LogP contribution in [0.15, 0.2) is 18.2 Å². The third kappa shape index (κ3) is 4.67. The molecular weight excluding hydrogens is 346 g/mol. The number of carbonyl (C=O) groups excluding carboxylic acids is 1. The van der Waals surface area contributed by atoms with Gasteiger partial charge in [-0.15, -0.1) is 0 Å². The number of aromatic nitrogens is 1. The molecule has 1 N–H and O–H groups in total. The number of rotatable bonds is 7. The van der Waals surface area contributed by atoms with Crippen molar-refractivity contribution in [1.29, 1.82) is 0 Å². The van der Waals surface area contributed by atoms with Gasteiger partial charge in [0.1, 0.15) is 5.75 Å². The molecule has 1 aromatic heterocycles. The summed E-state index contributed by atoms with van der Waals surface area (Å²) in [5, 5.41) is 4.11. The summed E-state index contributed by atoms with van der Waals surface area (Å²) in [4.78, 5) is 19.5. The number of nitrogens with zero attached hydrogens (tertiary/aromatic N) is 2. The molecule has 1 aliphatic rings. The molecule has 0 spiro atoms. The molecule has 0 bridgehead atoms. The van der Waals surface area contributed by atoms with Crippen molar-refractivity contribution in [2.45, 2.75) is 40.0 Å². The van der Waals surface area contributed by atoms with Crippen LogP contribution >= 0.6 is 11.3 Å². The zero-order valence-corrected chi connectivity index (χ0v) is 16.8. The fourth-order valence-electron chi connectivity index (χ4n) is 3.28. The van der Waals surface area contributed by atoms with E-state index in [1.54, 1.807) is 11.3 Å². The van der Waals surface area contributed by atoms with Gasteiger partial charge in [-0.3, -0.25) is 4.79 Å². The predicted octanol–water partition coefficient (Wildman–Crippen LogP) is 4.07. The fraction of sp³-hybridized carbons (Fsp3) is 0.600. The second kappa shape index (κ2) is 8.71. The van der Waals surface area contributed by atoms with Crippen molar-refractivity contribution in [3.8, 4) is 5.75 Å². The van der Waals surface area contributed by atoms with Crippen molar-refractivity contribution in [3.05, 3.63) is 18.2 Å². The number of amides is 1. The molecule has 1 amide bonds. The monoisotopic (exact) mass is 375 g/mol. The summed E-state index contributed by atoms with van der Waals surface area (Å²) in [6.07, 6.45) is 3.02. The number of carbonyl (C=O) groups is 1. The highest BCUT2D eigenvalue weighted by Gasteiger charge is 2.27. The van der Waals surface area contributed by atoms with E-state index in [9.17, 15) is 4.79 Å². The number of thiazole rings is 1. The van der Waals surface area contributed by atoms with Gasteiger partial charge in [0, 0.05) is 19.6 Å². The van der Waals surface area contributed by atoms with E-state index in [0.717, 1.165) is 60.0 Å². The number of piperidine rings is 1. The summed E-state index contributed by atoms with van der Waals surface area (Å²) in [6, 6.07) is 6.04. The maximum absolute atomic E-state index is 12.5. The molecule has 2 aromatic rings. The molecule has 2 heterocycles. The first-order valence-electron chi connectivity index (χ1n) is 9.63. The summed E-state index contributed by atoms with van der Waals surface area (Å²) in [5.74, 6) is 1.75. The standard InChI is InChI=1S/C20H29N3O2S/c1-4-25-16-7-8-17-18(12-16)26-20(22-17)23-11-5-6-15(13-23)19(24)21-10-9-14(2)3/h7-8,12,14-15H,4-6,9-11,13H2,1-3H3,(H,21,24)/t15-/m0/s1. The van der Waals surface area contributed by atoms with Crippen molar-refractivity contribution in [2.75, 3.05) is 31.1 Å². The Morgan fingerprint density at radius 2 is 2.31 bits per heavy atom. The fourth-order valence-corrected chi connectivity index (χ4v) is 4.31. The first-order valence-corrected chi connectivity index (χ1v) is 10.4. The van der Waals surface area contributed by atoms with Gasteiger partial charge in [0.25, 0.3) is 0 Å². The van der Waals surface area contributed by atoms with Crippen LogP contribution in [-0.4, -0.2) is 37.1 Å². The molecule has 0 aliphatic carbocycles. The van der Waals surface area contributed by atoms with Gasteiger partial charge in [0.05, 0.1) is 22.7 Å². The van der Waals surface area contributed by atoms with E-state index < -0.39 is 0 Å². The number of nitrogens with one attached hydrogen (secondary N) is 1. The molecule has 1 aromatic carbocycles. The van der Waals surface area contributed by atoms with Crippen molar-refractivity contribution in [3.63, 3.8) is 0 Å². The Morgan fingerprint density at radius 1 is 1.46 bits per heavy atom. The topological polar surface area (TPSA) is 54.5 Å². The SMILES string of the molecule is CCOc1ccc2nc(N3CCC[C@H](C(=O)NCCC(C)C)C3)sc2c1. The third-order valence-electron chi connectivity index (χ3n) is 4.74. The van der Waals surface area contributed by atoms with E-state index in [0.29, 0.717) is 12.5 Å². The van der Waals surface area contributed by atoms with Gasteiger partial charge in [-0.1, -0.05) is 25.2 Å². The lowest BCUT2D eigenvalue weighted by Gasteiger charge is -2.31. The highest BCUT2D eigenvalue weighted by molar-refractivity contribution is 7.22. The van der Waals surface area contributed by atoms with Crippen LogP contribution in [0.4, 0.5) is 5.13 Å². The minimum atomic E-state index is 0.0573. The Kier molecular flexibility index (Phi) is 6.35. The second-order valence-electron chi connectivity index (χ2n) is 7.32. The summed E-state index contributed by atoms with van der Waals surface area (Å²) in [7, 11) is 0. The molecule has 3 rings (SSSR count). The first-order chi connectivity index (χ1) is 12.6. The van der Waals surface area contributed by atoms with E-state index in [4.69, 9.17) is 9.72 Å². The van der Waals surface area contributed by atoms with Gasteiger partial charge in [0.15, 0.2) is 5.13 Å². The van der Waals surface area contributed by atoms with Gasteiger partial charge >= 0.3 is 0 Å². The molecule has 26 heavy (non-hydrogen) atoms. The van der Waals surface area contributed by atoms with Crippen LogP contribution in [0, 0.1) is 11.8 Å². The van der Waals surface area contributed by atoms with Crippen LogP contribution in [-0.2, 0) is 4.79 Å². The van der Waals surface area contributed by atoms with Crippen molar-refractivity contribution < 1.29 is 9.53 Å². The molecule has 0 saturated carbocycles. The van der Waals surface area contributed by atoms with Crippen molar-refractivity contribution in [1.82, 2.24) is 10.3 Å². The van der Waals surface area contributed by atoms with E-state index in [1.165, 1.54) is 0 Å². The highest BCUT2D eigenvalue weighted by atomic mass is 32.1. The second-order valence-corrected chi connectivity index (χ2v) is 8.33. The zero-order valence-electron chi connectivity index (χ0n) is 16.0. The Labute approximate surface area is 159 Å². The van der Waals surface area contributed by atoms with Crippen LogP contribution in [0.3, 0.4) is 0 Å². The average Bonchev–Trinajstić information content (AvgIpc) is 3.05. The number of anilines is 1. The summed E-state index contributed by atoms with van der Waals surface area (Å²) in [6.45, 7) is 9.50. The normalized spacial score (nSPS) is 17.7. The van der Waals surface area contributed by atoms with Crippen LogP contribution in [0.1, 0.15) is 40.0 Å². The zero-order chi connectivity index (χ0) is 18.5. The lowest BCUT2D eigenvalue weighted by Crippen LogP contribution is -2.43. The Balaban J connectivity index is 1.65. The Morgan fingerprint density at radius 3 is 3.08 bits per heavy atom. The minimum absolute atomic E-state index is 0.0573. The number of hydrogen-bond acceptors (Lipinski definition) is 5. The van der Waals surface area contributed by atoms with Crippen LogP contribution in [0.2, 0.25) is 0 Å². The van der Waals surface area contributed by atoms with Crippen molar-refractivity contribution >= 4 is 32.6 Å². The third-order valence-corrected chi connectivity index (χ3v) is 5.82. The largest absolute Gasteiger partial charge is 0.494 e. The van der Waals surface area contributed by atoms with E-state index in [2.05, 4.69) is 30.1 Å². The van der Waals surface area contributed by atoms with Crippen LogP contribution in [0.25, 0.3) is 10.2 Å². The Hall–Kier alpha value is -1.82.